The maximum Gasteiger partial charge on any atom is 0.273 e. The van der Waals surface area contributed by atoms with E-state index in [0.717, 1.165) is 5.56 Å². The summed E-state index contributed by atoms with van der Waals surface area (Å²) in [7, 11) is 0. The Morgan fingerprint density at radius 3 is 2.81 bits per heavy atom. The molecule has 0 aliphatic heterocycles. The standard InChI is InChI=1S/C18H15ClN4O3/c1-12-6-7-13(8-17(12)23(25)26)18(24)21-15-9-20-22(11-15)10-14-4-2-3-5-16(14)19/h2-9,11H,10H2,1H3,(H,21,24). The second-order valence-corrected chi connectivity index (χ2v) is 6.14. The minimum absolute atomic E-state index is 0.0907. The molecule has 3 rings (SSSR count). The average Bonchev–Trinajstić information content (AvgIpc) is 3.04. The highest BCUT2D eigenvalue weighted by molar-refractivity contribution is 6.31. The summed E-state index contributed by atoms with van der Waals surface area (Å²) in [5, 5.41) is 18.5. The van der Waals surface area contributed by atoms with Crippen molar-refractivity contribution in [3.8, 4) is 0 Å². The van der Waals surface area contributed by atoms with E-state index in [1.54, 1.807) is 36.0 Å². The number of hydrogen-bond donors (Lipinski definition) is 1. The van der Waals surface area contributed by atoms with Gasteiger partial charge in [-0.25, -0.2) is 0 Å². The SMILES string of the molecule is Cc1ccc(C(=O)Nc2cnn(Cc3ccccc3Cl)c2)cc1[N+](=O)[O-]. The van der Waals surface area contributed by atoms with Crippen molar-refractivity contribution in [2.75, 3.05) is 5.32 Å². The second-order valence-electron chi connectivity index (χ2n) is 5.73. The maximum absolute atomic E-state index is 12.3. The van der Waals surface area contributed by atoms with Gasteiger partial charge in [0.25, 0.3) is 11.6 Å². The van der Waals surface area contributed by atoms with Gasteiger partial charge in [0.2, 0.25) is 0 Å². The highest BCUT2D eigenvalue weighted by atomic mass is 35.5. The number of rotatable bonds is 5. The fraction of sp³-hybridized carbons (Fsp3) is 0.111. The molecule has 0 saturated carbocycles. The van der Waals surface area contributed by atoms with Crippen LogP contribution in [0.4, 0.5) is 11.4 Å². The third-order valence-corrected chi connectivity index (χ3v) is 4.22. The zero-order valence-electron chi connectivity index (χ0n) is 13.8. The Hall–Kier alpha value is -3.19. The van der Waals surface area contributed by atoms with E-state index in [4.69, 9.17) is 11.6 Å². The molecule has 1 aromatic heterocycles. The molecular formula is C18H15ClN4O3. The van der Waals surface area contributed by atoms with Crippen LogP contribution in [0, 0.1) is 17.0 Å². The second kappa shape index (κ2) is 7.37. The Bertz CT molecular complexity index is 984. The molecule has 8 heteroatoms. The number of benzene rings is 2. The van der Waals surface area contributed by atoms with Gasteiger partial charge in [-0.15, -0.1) is 0 Å². The Labute approximate surface area is 154 Å². The molecule has 0 unspecified atom stereocenters. The zero-order chi connectivity index (χ0) is 18.7. The van der Waals surface area contributed by atoms with Gasteiger partial charge in [-0.2, -0.15) is 5.10 Å². The van der Waals surface area contributed by atoms with Crippen molar-refractivity contribution in [2.24, 2.45) is 0 Å². The third kappa shape index (κ3) is 3.89. The van der Waals surface area contributed by atoms with Gasteiger partial charge < -0.3 is 5.32 Å². The van der Waals surface area contributed by atoms with Crippen molar-refractivity contribution >= 4 is 28.9 Å². The quantitative estimate of drug-likeness (QED) is 0.541. The molecule has 0 spiro atoms. The number of aryl methyl sites for hydroxylation is 1. The fourth-order valence-corrected chi connectivity index (χ4v) is 2.66. The molecule has 0 aliphatic rings. The first-order valence-corrected chi connectivity index (χ1v) is 8.14. The van der Waals surface area contributed by atoms with Crippen LogP contribution >= 0.6 is 11.6 Å². The molecule has 0 bridgehead atoms. The van der Waals surface area contributed by atoms with E-state index in [0.29, 0.717) is 22.8 Å². The van der Waals surface area contributed by atoms with Crippen molar-refractivity contribution in [3.63, 3.8) is 0 Å². The van der Waals surface area contributed by atoms with Crippen LogP contribution in [-0.4, -0.2) is 20.6 Å². The van der Waals surface area contributed by atoms with Gasteiger partial charge in [-0.3, -0.25) is 19.6 Å². The molecule has 7 nitrogen and oxygen atoms in total. The molecule has 132 valence electrons. The van der Waals surface area contributed by atoms with Crippen LogP contribution in [-0.2, 0) is 6.54 Å². The molecular weight excluding hydrogens is 356 g/mol. The highest BCUT2D eigenvalue weighted by Gasteiger charge is 2.15. The monoisotopic (exact) mass is 370 g/mol. The average molecular weight is 371 g/mol. The van der Waals surface area contributed by atoms with E-state index in [-0.39, 0.29) is 11.3 Å². The van der Waals surface area contributed by atoms with Gasteiger partial charge in [-0.1, -0.05) is 35.9 Å². The summed E-state index contributed by atoms with van der Waals surface area (Å²) < 4.78 is 1.65. The highest BCUT2D eigenvalue weighted by Crippen LogP contribution is 2.20. The van der Waals surface area contributed by atoms with E-state index < -0.39 is 10.8 Å². The van der Waals surface area contributed by atoms with Crippen molar-refractivity contribution in [3.05, 3.63) is 86.7 Å². The molecule has 26 heavy (non-hydrogen) atoms. The normalized spacial score (nSPS) is 10.5. The summed E-state index contributed by atoms with van der Waals surface area (Å²) >= 11 is 6.13. The number of halogens is 1. The number of carbonyl (C=O) groups excluding carboxylic acids is 1. The lowest BCUT2D eigenvalue weighted by atomic mass is 10.1. The van der Waals surface area contributed by atoms with Crippen LogP contribution in [0.5, 0.6) is 0 Å². The molecule has 1 amide bonds. The van der Waals surface area contributed by atoms with Gasteiger partial charge in [0.05, 0.1) is 23.4 Å². The summed E-state index contributed by atoms with van der Waals surface area (Å²) in [6.07, 6.45) is 3.18. The van der Waals surface area contributed by atoms with Crippen LogP contribution in [0.25, 0.3) is 0 Å². The van der Waals surface area contributed by atoms with E-state index in [1.807, 2.05) is 18.2 Å². The van der Waals surface area contributed by atoms with Gasteiger partial charge in [-0.05, 0) is 24.6 Å². The number of nitro groups is 1. The summed E-state index contributed by atoms with van der Waals surface area (Å²) in [6, 6.07) is 11.8. The Morgan fingerprint density at radius 1 is 1.31 bits per heavy atom. The fourth-order valence-electron chi connectivity index (χ4n) is 2.47. The number of amides is 1. The molecule has 1 N–H and O–H groups in total. The topological polar surface area (TPSA) is 90.1 Å². The minimum atomic E-state index is -0.506. The summed E-state index contributed by atoms with van der Waals surface area (Å²) in [5.41, 5.74) is 2.02. The molecule has 0 atom stereocenters. The van der Waals surface area contributed by atoms with E-state index in [2.05, 4.69) is 10.4 Å². The van der Waals surface area contributed by atoms with Crippen molar-refractivity contribution in [2.45, 2.75) is 13.5 Å². The van der Waals surface area contributed by atoms with E-state index in [1.165, 1.54) is 12.3 Å². The lowest BCUT2D eigenvalue weighted by molar-refractivity contribution is -0.385. The number of carbonyl (C=O) groups is 1. The van der Waals surface area contributed by atoms with E-state index in [9.17, 15) is 14.9 Å². The van der Waals surface area contributed by atoms with E-state index >= 15 is 0 Å². The van der Waals surface area contributed by atoms with Gasteiger partial charge in [0, 0.05) is 28.4 Å². The number of nitro benzene ring substituents is 1. The zero-order valence-corrected chi connectivity index (χ0v) is 14.6. The van der Waals surface area contributed by atoms with Crippen LogP contribution in [0.3, 0.4) is 0 Å². The van der Waals surface area contributed by atoms with Gasteiger partial charge >= 0.3 is 0 Å². The van der Waals surface area contributed by atoms with Crippen LogP contribution in [0.2, 0.25) is 5.02 Å². The first kappa shape index (κ1) is 17.6. The van der Waals surface area contributed by atoms with Crippen LogP contribution < -0.4 is 5.32 Å². The Morgan fingerprint density at radius 2 is 2.08 bits per heavy atom. The van der Waals surface area contributed by atoms with Crippen LogP contribution in [0.15, 0.2) is 54.9 Å². The van der Waals surface area contributed by atoms with Crippen molar-refractivity contribution < 1.29 is 9.72 Å². The Kier molecular flexibility index (Phi) is 4.99. The minimum Gasteiger partial charge on any atom is -0.319 e. The summed E-state index contributed by atoms with van der Waals surface area (Å²) in [4.78, 5) is 22.8. The lowest BCUT2D eigenvalue weighted by Crippen LogP contribution is -2.12. The molecule has 0 fully saturated rings. The number of aromatic nitrogens is 2. The lowest BCUT2D eigenvalue weighted by Gasteiger charge is -2.05. The molecule has 3 aromatic rings. The first-order valence-electron chi connectivity index (χ1n) is 7.76. The largest absolute Gasteiger partial charge is 0.319 e. The smallest absolute Gasteiger partial charge is 0.273 e. The molecule has 0 aliphatic carbocycles. The van der Waals surface area contributed by atoms with Crippen molar-refractivity contribution in [1.82, 2.24) is 9.78 Å². The third-order valence-electron chi connectivity index (χ3n) is 3.85. The van der Waals surface area contributed by atoms with Gasteiger partial charge in [0.1, 0.15) is 0 Å². The van der Waals surface area contributed by atoms with Crippen LogP contribution in [0.1, 0.15) is 21.5 Å². The number of nitrogens with zero attached hydrogens (tertiary/aromatic N) is 3. The maximum atomic E-state index is 12.3. The molecule has 1 heterocycles. The Balaban J connectivity index is 1.73. The number of nitrogens with one attached hydrogen (secondary N) is 1. The molecule has 2 aromatic carbocycles. The number of hydrogen-bond acceptors (Lipinski definition) is 4. The summed E-state index contributed by atoms with van der Waals surface area (Å²) in [5.74, 6) is -0.439. The predicted molar refractivity (Wildman–Crippen MR) is 98.6 cm³/mol. The predicted octanol–water partition coefficient (Wildman–Crippen LogP) is 4.05. The summed E-state index contributed by atoms with van der Waals surface area (Å²) in [6.45, 7) is 2.09. The van der Waals surface area contributed by atoms with Crippen molar-refractivity contribution in [1.29, 1.82) is 0 Å². The first-order chi connectivity index (χ1) is 12.4. The van der Waals surface area contributed by atoms with Gasteiger partial charge in [0.15, 0.2) is 0 Å². The number of anilines is 1. The molecule has 0 saturated heterocycles. The molecule has 0 radical (unpaired) electrons.